The zero-order valence-electron chi connectivity index (χ0n) is 25.5. The number of pyridine rings is 1. The third kappa shape index (κ3) is 5.83. The molecule has 5 heterocycles. The zero-order valence-corrected chi connectivity index (χ0v) is 25.5. The summed E-state index contributed by atoms with van der Waals surface area (Å²) in [6, 6.07) is 14.5. The number of likely N-dealkylation sites (N-methyl/N-ethyl adjacent to an activating group) is 1. The molecular weight excluding hydrogens is 586 g/mol. The van der Waals surface area contributed by atoms with Crippen molar-refractivity contribution in [3.05, 3.63) is 108 Å². The van der Waals surface area contributed by atoms with E-state index in [2.05, 4.69) is 20.6 Å². The fourth-order valence-electron chi connectivity index (χ4n) is 5.45. The Hall–Kier alpha value is -6.16. The fourth-order valence-corrected chi connectivity index (χ4v) is 5.45. The molecule has 2 aliphatic heterocycles. The van der Waals surface area contributed by atoms with Crippen LogP contribution in [0.3, 0.4) is 0 Å². The van der Waals surface area contributed by atoms with Crippen molar-refractivity contribution in [3.8, 4) is 5.75 Å². The van der Waals surface area contributed by atoms with Gasteiger partial charge in [0.05, 0.1) is 30.7 Å². The number of carbonyl (C=O) groups is 1. The van der Waals surface area contributed by atoms with Crippen molar-refractivity contribution in [1.29, 1.82) is 0 Å². The summed E-state index contributed by atoms with van der Waals surface area (Å²) in [6.07, 6.45) is 8.91. The minimum Gasteiger partial charge on any atom is -0.497 e. The summed E-state index contributed by atoms with van der Waals surface area (Å²) in [5.74, 6) is 5.17. The second-order valence-electron chi connectivity index (χ2n) is 10.8. The molecule has 13 nitrogen and oxygen atoms in total. The molecule has 1 fully saturated rings. The lowest BCUT2D eigenvalue weighted by atomic mass is 10.2. The topological polar surface area (TPSA) is 137 Å². The summed E-state index contributed by atoms with van der Waals surface area (Å²) in [6.45, 7) is 1.14. The Morgan fingerprint density at radius 3 is 2.67 bits per heavy atom. The van der Waals surface area contributed by atoms with Gasteiger partial charge in [-0.05, 0) is 48.4 Å². The van der Waals surface area contributed by atoms with Crippen LogP contribution in [0.2, 0.25) is 0 Å². The van der Waals surface area contributed by atoms with Crippen LogP contribution in [0, 0.1) is 0 Å². The summed E-state index contributed by atoms with van der Waals surface area (Å²) >= 11 is 0. The van der Waals surface area contributed by atoms with Gasteiger partial charge in [0.1, 0.15) is 23.2 Å². The average Bonchev–Trinajstić information content (AvgIpc) is 3.67. The minimum atomic E-state index is -0.476. The molecule has 46 heavy (non-hydrogen) atoms. The van der Waals surface area contributed by atoms with E-state index in [4.69, 9.17) is 9.84 Å². The van der Waals surface area contributed by atoms with Gasteiger partial charge in [-0.2, -0.15) is 0 Å². The van der Waals surface area contributed by atoms with E-state index in [0.717, 1.165) is 11.3 Å². The van der Waals surface area contributed by atoms with Crippen LogP contribution in [0.15, 0.2) is 96.4 Å². The number of benzene rings is 1. The van der Waals surface area contributed by atoms with E-state index in [-0.39, 0.29) is 11.4 Å². The molecule has 1 amide bonds. The largest absolute Gasteiger partial charge is 0.497 e. The van der Waals surface area contributed by atoms with Crippen molar-refractivity contribution in [2.24, 2.45) is 0 Å². The molecule has 0 saturated carbocycles. The number of aromatic nitrogens is 4. The molecule has 0 unspecified atom stereocenters. The third-order valence-electron chi connectivity index (χ3n) is 7.82. The number of nitrogens with zero attached hydrogens (tertiary/aromatic N) is 7. The lowest BCUT2D eigenvalue weighted by Gasteiger charge is -2.25. The summed E-state index contributed by atoms with van der Waals surface area (Å²) < 4.78 is 6.76. The lowest BCUT2D eigenvalue weighted by molar-refractivity contribution is 0.0936. The monoisotopic (exact) mass is 617 g/mol. The standard InChI is InChI=1S/C33H31N9O4/c1-39-16-13-25(28(39)20-43)37-33(45)27-18-35-32-26(40(2)19-22-9-11-23(46-3)12-10-22)17-30(38-42(27)32)36-24-7-6-15-41(29(24)21-44)31-8-4-5-14-34-31/h4-12,14-15,17-18,25H,13,16,19H2,1-3H3,(H,36,38)(H,37,45)/t25-/m0/s1. The van der Waals surface area contributed by atoms with E-state index in [1.165, 1.54) is 10.7 Å². The Balaban J connectivity index is 1.37. The fraction of sp³-hybridized carbons (Fsp3) is 0.212. The van der Waals surface area contributed by atoms with Crippen molar-refractivity contribution in [3.63, 3.8) is 0 Å². The molecule has 0 spiro atoms. The highest BCUT2D eigenvalue weighted by molar-refractivity contribution is 5.94. The van der Waals surface area contributed by atoms with Crippen LogP contribution in [0.4, 0.5) is 17.3 Å². The lowest BCUT2D eigenvalue weighted by Crippen LogP contribution is -2.36. The normalized spacial score (nSPS) is 15.8. The first-order valence-electron chi connectivity index (χ1n) is 14.5. The Morgan fingerprint density at radius 1 is 1.13 bits per heavy atom. The zero-order chi connectivity index (χ0) is 32.2. The van der Waals surface area contributed by atoms with Gasteiger partial charge in [-0.15, -0.1) is 5.10 Å². The average molecular weight is 618 g/mol. The van der Waals surface area contributed by atoms with Gasteiger partial charge in [0.25, 0.3) is 5.91 Å². The van der Waals surface area contributed by atoms with E-state index in [1.54, 1.807) is 66.7 Å². The van der Waals surface area contributed by atoms with Gasteiger partial charge in [0, 0.05) is 45.6 Å². The number of likely N-dealkylation sites (tertiary alicyclic amines) is 1. The smallest absolute Gasteiger partial charge is 0.272 e. The van der Waals surface area contributed by atoms with Crippen LogP contribution in [0.1, 0.15) is 22.5 Å². The molecule has 1 aromatic carbocycles. The number of methoxy groups -OCH3 is 1. The molecule has 13 heteroatoms. The number of fused-ring (bicyclic) bond motifs is 1. The number of nitrogens with one attached hydrogen (secondary N) is 2. The minimum absolute atomic E-state index is 0.177. The molecule has 232 valence electrons. The summed E-state index contributed by atoms with van der Waals surface area (Å²) in [5.41, 5.74) is 3.34. The van der Waals surface area contributed by atoms with Gasteiger partial charge in [0.15, 0.2) is 28.8 Å². The van der Waals surface area contributed by atoms with E-state index in [0.29, 0.717) is 53.9 Å². The highest BCUT2D eigenvalue weighted by Gasteiger charge is 2.30. The highest BCUT2D eigenvalue weighted by atomic mass is 16.5. The Morgan fingerprint density at radius 2 is 1.96 bits per heavy atom. The van der Waals surface area contributed by atoms with Gasteiger partial charge in [0.2, 0.25) is 0 Å². The van der Waals surface area contributed by atoms with E-state index >= 15 is 0 Å². The molecule has 2 aliphatic rings. The molecule has 1 saturated heterocycles. The number of hydrogen-bond donors (Lipinski definition) is 2. The van der Waals surface area contributed by atoms with Gasteiger partial charge >= 0.3 is 0 Å². The van der Waals surface area contributed by atoms with Crippen LogP contribution < -0.4 is 25.2 Å². The molecule has 4 aromatic rings. The second kappa shape index (κ2) is 12.8. The molecule has 1 atom stereocenters. The molecule has 0 aliphatic carbocycles. The van der Waals surface area contributed by atoms with Crippen molar-refractivity contribution in [2.75, 3.05) is 42.9 Å². The van der Waals surface area contributed by atoms with Crippen LogP contribution >= 0.6 is 0 Å². The first kappa shape index (κ1) is 29.9. The molecule has 0 bridgehead atoms. The summed E-state index contributed by atoms with van der Waals surface area (Å²) in [7, 11) is 5.32. The number of carbonyl (C=O) groups excluding carboxylic acids is 3. The number of anilines is 3. The van der Waals surface area contributed by atoms with E-state index in [1.807, 2.05) is 54.2 Å². The van der Waals surface area contributed by atoms with Crippen LogP contribution in [-0.2, 0) is 16.1 Å². The number of allylic oxidation sites excluding steroid dienone is 2. The number of ether oxygens (including phenoxy) is 1. The van der Waals surface area contributed by atoms with Gasteiger partial charge in [-0.1, -0.05) is 18.2 Å². The van der Waals surface area contributed by atoms with Crippen molar-refractivity contribution in [2.45, 2.75) is 19.0 Å². The van der Waals surface area contributed by atoms with Crippen LogP contribution in [0.5, 0.6) is 5.75 Å². The van der Waals surface area contributed by atoms with Gasteiger partial charge < -0.3 is 25.2 Å². The number of hydrogen-bond acceptors (Lipinski definition) is 11. The predicted molar refractivity (Wildman–Crippen MR) is 173 cm³/mol. The Bertz CT molecular complexity index is 1940. The van der Waals surface area contributed by atoms with Crippen molar-refractivity contribution < 1.29 is 19.1 Å². The maximum atomic E-state index is 13.6. The Labute approximate surface area is 264 Å². The second-order valence-corrected chi connectivity index (χ2v) is 10.8. The summed E-state index contributed by atoms with van der Waals surface area (Å²) in [4.78, 5) is 51.7. The third-order valence-corrected chi connectivity index (χ3v) is 7.82. The first-order chi connectivity index (χ1) is 22.4. The molecule has 6 rings (SSSR count). The Kier molecular flexibility index (Phi) is 8.34. The number of amides is 1. The SMILES string of the molecule is COc1ccc(CN(C)c2cc(NC3=CC=CN(c4ccccn4)C3=C=O)nn3c(C(=O)N[C@H]4CCN(C)C4=C=O)cnc23)cc1. The van der Waals surface area contributed by atoms with Crippen LogP contribution in [0.25, 0.3) is 5.65 Å². The molecule has 2 N–H and O–H groups in total. The first-order valence-corrected chi connectivity index (χ1v) is 14.5. The summed E-state index contributed by atoms with van der Waals surface area (Å²) in [5, 5.41) is 10.9. The van der Waals surface area contributed by atoms with Crippen molar-refractivity contribution in [1.82, 2.24) is 29.8 Å². The quantitative estimate of drug-likeness (QED) is 0.268. The van der Waals surface area contributed by atoms with E-state index in [9.17, 15) is 14.4 Å². The molecule has 0 radical (unpaired) electrons. The molecular formula is C33H31N9O4. The van der Waals surface area contributed by atoms with Gasteiger partial charge in [-0.3, -0.25) is 9.69 Å². The van der Waals surface area contributed by atoms with Crippen molar-refractivity contribution >= 4 is 40.8 Å². The van der Waals surface area contributed by atoms with Gasteiger partial charge in [-0.25, -0.2) is 24.1 Å². The maximum absolute atomic E-state index is 13.6. The number of rotatable bonds is 9. The van der Waals surface area contributed by atoms with Crippen LogP contribution in [-0.4, -0.2) is 76.1 Å². The number of imidazole rings is 1. The predicted octanol–water partition coefficient (Wildman–Crippen LogP) is 2.96. The molecule has 3 aromatic heterocycles. The highest BCUT2D eigenvalue weighted by Crippen LogP contribution is 2.29. The van der Waals surface area contributed by atoms with E-state index < -0.39 is 11.9 Å². The maximum Gasteiger partial charge on any atom is 0.272 e.